The van der Waals surface area contributed by atoms with Crippen LogP contribution in [0.1, 0.15) is 20.7 Å². The lowest BCUT2D eigenvalue weighted by Gasteiger charge is -2.03. The first kappa shape index (κ1) is 12.1. The van der Waals surface area contributed by atoms with E-state index in [9.17, 15) is 19.7 Å². The van der Waals surface area contributed by atoms with Gasteiger partial charge in [-0.3, -0.25) is 14.9 Å². The van der Waals surface area contributed by atoms with Crippen LogP contribution < -0.4 is 0 Å². The quantitative estimate of drug-likeness (QED) is 0.350. The highest BCUT2D eigenvalue weighted by Crippen LogP contribution is 2.27. The standard InChI is InChI=1S/C9H6ClNO5/c1-16-9(13)6-3-7(10)8(11(14)15)2-5(6)4-12/h2-4H,1H3. The van der Waals surface area contributed by atoms with Crippen molar-refractivity contribution in [3.8, 4) is 0 Å². The molecule has 0 N–H and O–H groups in total. The molecule has 0 unspecified atom stereocenters. The fourth-order valence-corrected chi connectivity index (χ4v) is 1.33. The van der Waals surface area contributed by atoms with Gasteiger partial charge in [0, 0.05) is 11.6 Å². The van der Waals surface area contributed by atoms with Crippen LogP contribution in [-0.2, 0) is 4.74 Å². The Balaban J connectivity index is 3.43. The highest BCUT2D eigenvalue weighted by Gasteiger charge is 2.20. The first-order valence-corrected chi connectivity index (χ1v) is 4.40. The molecule has 0 amide bonds. The van der Waals surface area contributed by atoms with E-state index < -0.39 is 16.6 Å². The van der Waals surface area contributed by atoms with Crippen molar-refractivity contribution < 1.29 is 19.2 Å². The van der Waals surface area contributed by atoms with Crippen molar-refractivity contribution in [1.82, 2.24) is 0 Å². The minimum atomic E-state index is -0.779. The SMILES string of the molecule is COC(=O)c1cc(Cl)c([N+](=O)[O-])cc1C=O. The maximum atomic E-state index is 11.2. The van der Waals surface area contributed by atoms with E-state index in [-0.39, 0.29) is 16.1 Å². The van der Waals surface area contributed by atoms with Crippen molar-refractivity contribution in [1.29, 1.82) is 0 Å². The molecule has 0 heterocycles. The molecule has 0 saturated carbocycles. The zero-order valence-corrected chi connectivity index (χ0v) is 8.85. The van der Waals surface area contributed by atoms with Crippen LogP contribution in [0, 0.1) is 10.1 Å². The minimum absolute atomic E-state index is 0.104. The van der Waals surface area contributed by atoms with Crippen LogP contribution in [0.15, 0.2) is 12.1 Å². The summed E-state index contributed by atoms with van der Waals surface area (Å²) in [5, 5.41) is 10.3. The number of ether oxygens (including phenoxy) is 1. The van der Waals surface area contributed by atoms with Crippen molar-refractivity contribution in [2.24, 2.45) is 0 Å². The van der Waals surface area contributed by atoms with Crippen molar-refractivity contribution in [2.75, 3.05) is 7.11 Å². The number of hydrogen-bond acceptors (Lipinski definition) is 5. The summed E-state index contributed by atoms with van der Waals surface area (Å²) < 4.78 is 4.41. The molecule has 0 aliphatic carbocycles. The van der Waals surface area contributed by atoms with Gasteiger partial charge in [-0.05, 0) is 6.07 Å². The van der Waals surface area contributed by atoms with Gasteiger partial charge in [-0.25, -0.2) is 4.79 Å². The Kier molecular flexibility index (Phi) is 3.57. The number of nitrogens with zero attached hydrogens (tertiary/aromatic N) is 1. The molecule has 0 aliphatic rings. The molecule has 0 aliphatic heterocycles. The summed E-state index contributed by atoms with van der Waals surface area (Å²) in [6.45, 7) is 0. The third-order valence-corrected chi connectivity index (χ3v) is 2.15. The summed E-state index contributed by atoms with van der Waals surface area (Å²) in [6.07, 6.45) is 0.329. The average molecular weight is 244 g/mol. The number of aldehydes is 1. The molecule has 0 bridgehead atoms. The summed E-state index contributed by atoms with van der Waals surface area (Å²) in [7, 11) is 1.13. The molecule has 7 heteroatoms. The van der Waals surface area contributed by atoms with E-state index in [4.69, 9.17) is 11.6 Å². The predicted octanol–water partition coefficient (Wildman–Crippen LogP) is 1.85. The third kappa shape index (κ3) is 2.17. The van der Waals surface area contributed by atoms with Gasteiger partial charge < -0.3 is 4.74 Å². The second-order valence-electron chi connectivity index (χ2n) is 2.76. The fraction of sp³-hybridized carbons (Fsp3) is 0.111. The number of benzene rings is 1. The molecular formula is C9H6ClNO5. The van der Waals surface area contributed by atoms with Crippen molar-refractivity contribution in [3.63, 3.8) is 0 Å². The molecule has 0 radical (unpaired) electrons. The van der Waals surface area contributed by atoms with E-state index in [0.717, 1.165) is 19.2 Å². The number of carbonyl (C=O) groups is 2. The summed E-state index contributed by atoms with van der Waals surface area (Å²) in [5.74, 6) is -0.779. The Morgan fingerprint density at radius 2 is 2.19 bits per heavy atom. The summed E-state index contributed by atoms with van der Waals surface area (Å²) in [5.41, 5.74) is -0.674. The molecule has 0 fully saturated rings. The number of rotatable bonds is 3. The molecule has 0 aromatic heterocycles. The molecule has 1 aromatic carbocycles. The Morgan fingerprint density at radius 3 is 2.62 bits per heavy atom. The van der Waals surface area contributed by atoms with Crippen LogP contribution in [0.3, 0.4) is 0 Å². The van der Waals surface area contributed by atoms with Gasteiger partial charge in [0.25, 0.3) is 5.69 Å². The van der Waals surface area contributed by atoms with E-state index in [1.54, 1.807) is 0 Å². The minimum Gasteiger partial charge on any atom is -0.465 e. The molecule has 0 saturated heterocycles. The highest BCUT2D eigenvalue weighted by molar-refractivity contribution is 6.33. The second-order valence-corrected chi connectivity index (χ2v) is 3.16. The lowest BCUT2D eigenvalue weighted by molar-refractivity contribution is -0.384. The van der Waals surface area contributed by atoms with Crippen LogP contribution in [0.25, 0.3) is 0 Å². The van der Waals surface area contributed by atoms with E-state index >= 15 is 0 Å². The van der Waals surface area contributed by atoms with E-state index in [2.05, 4.69) is 4.74 Å². The van der Waals surface area contributed by atoms with Crippen LogP contribution in [-0.4, -0.2) is 24.3 Å². The number of nitro benzene ring substituents is 1. The molecule has 16 heavy (non-hydrogen) atoms. The molecule has 1 rings (SSSR count). The number of esters is 1. The molecule has 1 aromatic rings. The van der Waals surface area contributed by atoms with Crippen molar-refractivity contribution in [2.45, 2.75) is 0 Å². The first-order chi connectivity index (χ1) is 7.51. The van der Waals surface area contributed by atoms with Gasteiger partial charge in [-0.15, -0.1) is 0 Å². The monoisotopic (exact) mass is 243 g/mol. The van der Waals surface area contributed by atoms with Gasteiger partial charge in [0.05, 0.1) is 17.6 Å². The maximum Gasteiger partial charge on any atom is 0.338 e. The van der Waals surface area contributed by atoms with E-state index in [1.807, 2.05) is 0 Å². The van der Waals surface area contributed by atoms with Gasteiger partial charge >= 0.3 is 5.97 Å². The van der Waals surface area contributed by atoms with Gasteiger partial charge in [0.2, 0.25) is 0 Å². The topological polar surface area (TPSA) is 86.5 Å². The maximum absolute atomic E-state index is 11.2. The lowest BCUT2D eigenvalue weighted by Crippen LogP contribution is -2.06. The van der Waals surface area contributed by atoms with Crippen LogP contribution in [0.5, 0.6) is 0 Å². The summed E-state index contributed by atoms with van der Waals surface area (Å²) >= 11 is 5.59. The number of halogens is 1. The van der Waals surface area contributed by atoms with Gasteiger partial charge in [-0.1, -0.05) is 11.6 Å². The van der Waals surface area contributed by atoms with E-state index in [1.165, 1.54) is 0 Å². The van der Waals surface area contributed by atoms with Gasteiger partial charge in [-0.2, -0.15) is 0 Å². The van der Waals surface area contributed by atoms with Crippen LogP contribution in [0.4, 0.5) is 5.69 Å². The Hall–Kier alpha value is -1.95. The first-order valence-electron chi connectivity index (χ1n) is 4.02. The van der Waals surface area contributed by atoms with Crippen LogP contribution in [0.2, 0.25) is 5.02 Å². The molecule has 0 atom stereocenters. The smallest absolute Gasteiger partial charge is 0.338 e. The van der Waals surface area contributed by atoms with Crippen molar-refractivity contribution in [3.05, 3.63) is 38.4 Å². The van der Waals surface area contributed by atoms with E-state index in [0.29, 0.717) is 6.29 Å². The molecule has 6 nitrogen and oxygen atoms in total. The number of nitro groups is 1. The predicted molar refractivity (Wildman–Crippen MR) is 54.8 cm³/mol. The van der Waals surface area contributed by atoms with Gasteiger partial charge in [0.1, 0.15) is 5.02 Å². The molecule has 0 spiro atoms. The summed E-state index contributed by atoms with van der Waals surface area (Å²) in [6, 6.07) is 1.97. The zero-order chi connectivity index (χ0) is 12.3. The highest BCUT2D eigenvalue weighted by atomic mass is 35.5. The lowest BCUT2D eigenvalue weighted by atomic mass is 10.1. The Morgan fingerprint density at radius 1 is 1.56 bits per heavy atom. The zero-order valence-electron chi connectivity index (χ0n) is 8.10. The van der Waals surface area contributed by atoms with Crippen LogP contribution >= 0.6 is 11.6 Å². The second kappa shape index (κ2) is 4.71. The number of carbonyl (C=O) groups excluding carboxylic acids is 2. The Bertz CT molecular complexity index is 471. The summed E-state index contributed by atoms with van der Waals surface area (Å²) in [4.78, 5) is 31.7. The molecular weight excluding hydrogens is 238 g/mol. The molecule has 84 valence electrons. The number of hydrogen-bond donors (Lipinski definition) is 0. The largest absolute Gasteiger partial charge is 0.465 e. The third-order valence-electron chi connectivity index (χ3n) is 1.85. The average Bonchev–Trinajstić information content (AvgIpc) is 2.27. The fourth-order valence-electron chi connectivity index (χ4n) is 1.10. The Labute approximate surface area is 94.9 Å². The number of methoxy groups -OCH3 is 1. The van der Waals surface area contributed by atoms with Crippen molar-refractivity contribution >= 4 is 29.5 Å². The normalized spacial score (nSPS) is 9.62. The van der Waals surface area contributed by atoms with Gasteiger partial charge in [0.15, 0.2) is 6.29 Å².